The summed E-state index contributed by atoms with van der Waals surface area (Å²) in [7, 11) is 1.62. The molecular formula is C15H17N3O3. The van der Waals surface area contributed by atoms with Gasteiger partial charge in [0.1, 0.15) is 12.4 Å². The number of nitrogens with one attached hydrogen (secondary N) is 1. The fourth-order valence-corrected chi connectivity index (χ4v) is 1.68. The van der Waals surface area contributed by atoms with E-state index in [1.54, 1.807) is 43.5 Å². The molecule has 0 unspecified atom stereocenters. The van der Waals surface area contributed by atoms with E-state index in [1.165, 1.54) is 6.20 Å². The van der Waals surface area contributed by atoms with Crippen LogP contribution in [-0.4, -0.2) is 31.2 Å². The molecule has 2 rings (SSSR count). The minimum atomic E-state index is -0.346. The lowest BCUT2D eigenvalue weighted by Gasteiger charge is -2.08. The number of pyridine rings is 1. The van der Waals surface area contributed by atoms with Crippen molar-refractivity contribution in [3.8, 4) is 5.75 Å². The highest BCUT2D eigenvalue weighted by Gasteiger charge is 2.10. The first kappa shape index (κ1) is 14.8. The van der Waals surface area contributed by atoms with Crippen LogP contribution in [0.25, 0.3) is 0 Å². The van der Waals surface area contributed by atoms with E-state index in [4.69, 9.17) is 15.2 Å². The second-order valence-corrected chi connectivity index (χ2v) is 4.26. The average molecular weight is 287 g/mol. The number of nitrogens with zero attached hydrogens (tertiary/aromatic N) is 1. The van der Waals surface area contributed by atoms with Crippen molar-refractivity contribution < 1.29 is 14.3 Å². The summed E-state index contributed by atoms with van der Waals surface area (Å²) in [4.78, 5) is 16.0. The Morgan fingerprint density at radius 1 is 1.24 bits per heavy atom. The average Bonchev–Trinajstić information content (AvgIpc) is 2.49. The number of aromatic nitrogens is 1. The molecule has 0 aliphatic heterocycles. The van der Waals surface area contributed by atoms with Crippen LogP contribution in [0.4, 0.5) is 11.4 Å². The largest absolute Gasteiger partial charge is 0.491 e. The van der Waals surface area contributed by atoms with Gasteiger partial charge in [0, 0.05) is 19.0 Å². The van der Waals surface area contributed by atoms with Crippen LogP contribution in [0.15, 0.2) is 42.6 Å². The van der Waals surface area contributed by atoms with Crippen LogP contribution in [0.3, 0.4) is 0 Å². The molecule has 0 aliphatic carbocycles. The van der Waals surface area contributed by atoms with Crippen molar-refractivity contribution >= 4 is 17.3 Å². The lowest BCUT2D eigenvalue weighted by Crippen LogP contribution is -2.15. The summed E-state index contributed by atoms with van der Waals surface area (Å²) < 4.78 is 10.3. The first-order valence-corrected chi connectivity index (χ1v) is 6.44. The van der Waals surface area contributed by atoms with Crippen molar-refractivity contribution in [2.45, 2.75) is 0 Å². The smallest absolute Gasteiger partial charge is 0.276 e. The van der Waals surface area contributed by atoms with Crippen LogP contribution in [0, 0.1) is 0 Å². The molecule has 0 aliphatic rings. The maximum absolute atomic E-state index is 12.0. The monoisotopic (exact) mass is 287 g/mol. The summed E-state index contributed by atoms with van der Waals surface area (Å²) in [5.74, 6) is 0.364. The van der Waals surface area contributed by atoms with Gasteiger partial charge in [0.15, 0.2) is 5.69 Å². The number of hydrogen-bond acceptors (Lipinski definition) is 5. The number of methoxy groups -OCH3 is 1. The van der Waals surface area contributed by atoms with Gasteiger partial charge in [-0.25, -0.2) is 4.98 Å². The van der Waals surface area contributed by atoms with Gasteiger partial charge in [0.25, 0.3) is 5.91 Å². The molecule has 0 radical (unpaired) electrons. The standard InChI is InChI=1S/C15H17N3O3/c1-20-9-10-21-12-6-4-11(5-7-12)18-15(19)14-13(16)3-2-8-17-14/h2-8H,9-10,16H2,1H3,(H,18,19). The molecule has 1 aromatic carbocycles. The Morgan fingerprint density at radius 2 is 2.00 bits per heavy atom. The summed E-state index contributed by atoms with van der Waals surface area (Å²) in [6.07, 6.45) is 1.53. The minimum Gasteiger partial charge on any atom is -0.491 e. The van der Waals surface area contributed by atoms with Gasteiger partial charge < -0.3 is 20.5 Å². The predicted octanol–water partition coefficient (Wildman–Crippen LogP) is 1.94. The molecule has 6 heteroatoms. The van der Waals surface area contributed by atoms with Crippen LogP contribution in [-0.2, 0) is 4.74 Å². The molecule has 1 aromatic heterocycles. The number of ether oxygens (including phenoxy) is 2. The number of rotatable bonds is 6. The van der Waals surface area contributed by atoms with Gasteiger partial charge in [-0.1, -0.05) is 0 Å². The lowest BCUT2D eigenvalue weighted by atomic mass is 10.2. The first-order chi connectivity index (χ1) is 10.2. The quantitative estimate of drug-likeness (QED) is 0.793. The van der Waals surface area contributed by atoms with Gasteiger partial charge in [-0.15, -0.1) is 0 Å². The molecule has 3 N–H and O–H groups in total. The van der Waals surface area contributed by atoms with Crippen molar-refractivity contribution in [1.29, 1.82) is 0 Å². The Bertz CT molecular complexity index is 599. The Morgan fingerprint density at radius 3 is 2.67 bits per heavy atom. The van der Waals surface area contributed by atoms with Crippen molar-refractivity contribution in [3.63, 3.8) is 0 Å². The van der Waals surface area contributed by atoms with E-state index >= 15 is 0 Å². The zero-order valence-corrected chi connectivity index (χ0v) is 11.7. The highest BCUT2D eigenvalue weighted by molar-refractivity contribution is 6.06. The van der Waals surface area contributed by atoms with Gasteiger partial charge in [0.05, 0.1) is 12.3 Å². The normalized spacial score (nSPS) is 10.1. The highest BCUT2D eigenvalue weighted by atomic mass is 16.5. The Balaban J connectivity index is 1.97. The van der Waals surface area contributed by atoms with E-state index < -0.39 is 0 Å². The molecule has 0 saturated carbocycles. The van der Waals surface area contributed by atoms with Gasteiger partial charge in [-0.3, -0.25) is 4.79 Å². The van der Waals surface area contributed by atoms with Gasteiger partial charge in [-0.2, -0.15) is 0 Å². The number of nitrogens with two attached hydrogens (primary N) is 1. The molecule has 6 nitrogen and oxygen atoms in total. The zero-order valence-electron chi connectivity index (χ0n) is 11.7. The van der Waals surface area contributed by atoms with Crippen LogP contribution in [0.2, 0.25) is 0 Å². The molecule has 110 valence electrons. The van der Waals surface area contributed by atoms with Crippen molar-refractivity contribution in [2.24, 2.45) is 0 Å². The Kier molecular flexibility index (Phi) is 5.11. The van der Waals surface area contributed by atoms with Crippen LogP contribution < -0.4 is 15.8 Å². The molecular weight excluding hydrogens is 270 g/mol. The van der Waals surface area contributed by atoms with Crippen molar-refractivity contribution in [3.05, 3.63) is 48.3 Å². The van der Waals surface area contributed by atoms with E-state index in [0.29, 0.717) is 30.3 Å². The number of amides is 1. The van der Waals surface area contributed by atoms with Gasteiger partial charge in [-0.05, 0) is 36.4 Å². The van der Waals surface area contributed by atoms with Crippen molar-refractivity contribution in [2.75, 3.05) is 31.4 Å². The lowest BCUT2D eigenvalue weighted by molar-refractivity contribution is 0.102. The third kappa shape index (κ3) is 4.19. The third-order valence-corrected chi connectivity index (χ3v) is 2.72. The van der Waals surface area contributed by atoms with Gasteiger partial charge in [0.2, 0.25) is 0 Å². The molecule has 1 heterocycles. The summed E-state index contributed by atoms with van der Waals surface area (Å²) in [5, 5.41) is 2.73. The second-order valence-electron chi connectivity index (χ2n) is 4.26. The Hall–Kier alpha value is -2.60. The van der Waals surface area contributed by atoms with E-state index in [1.807, 2.05) is 0 Å². The zero-order chi connectivity index (χ0) is 15.1. The SMILES string of the molecule is COCCOc1ccc(NC(=O)c2ncccc2N)cc1. The highest BCUT2D eigenvalue weighted by Crippen LogP contribution is 2.17. The number of carbonyl (C=O) groups is 1. The molecule has 2 aromatic rings. The van der Waals surface area contributed by atoms with Crippen molar-refractivity contribution in [1.82, 2.24) is 4.98 Å². The van der Waals surface area contributed by atoms with E-state index in [-0.39, 0.29) is 11.6 Å². The summed E-state index contributed by atoms with van der Waals surface area (Å²) >= 11 is 0. The molecule has 0 atom stereocenters. The van der Waals surface area contributed by atoms with E-state index in [9.17, 15) is 4.79 Å². The first-order valence-electron chi connectivity index (χ1n) is 6.44. The number of hydrogen-bond donors (Lipinski definition) is 2. The molecule has 0 bridgehead atoms. The second kappa shape index (κ2) is 7.25. The fourth-order valence-electron chi connectivity index (χ4n) is 1.68. The molecule has 0 fully saturated rings. The number of carbonyl (C=O) groups excluding carboxylic acids is 1. The summed E-state index contributed by atoms with van der Waals surface area (Å²) in [5.41, 5.74) is 6.90. The summed E-state index contributed by atoms with van der Waals surface area (Å²) in [6, 6.07) is 10.4. The van der Waals surface area contributed by atoms with E-state index in [2.05, 4.69) is 10.3 Å². The maximum Gasteiger partial charge on any atom is 0.276 e. The summed E-state index contributed by atoms with van der Waals surface area (Å²) in [6.45, 7) is 1.00. The minimum absolute atomic E-state index is 0.206. The maximum atomic E-state index is 12.0. The molecule has 0 spiro atoms. The third-order valence-electron chi connectivity index (χ3n) is 2.72. The van der Waals surface area contributed by atoms with Crippen LogP contribution in [0.5, 0.6) is 5.75 Å². The number of nitrogen functional groups attached to an aromatic ring is 1. The fraction of sp³-hybridized carbons (Fsp3) is 0.200. The number of benzene rings is 1. The van der Waals surface area contributed by atoms with Gasteiger partial charge >= 0.3 is 0 Å². The van der Waals surface area contributed by atoms with Crippen LogP contribution in [0.1, 0.15) is 10.5 Å². The Labute approximate surface area is 122 Å². The topological polar surface area (TPSA) is 86.5 Å². The molecule has 1 amide bonds. The predicted molar refractivity (Wildman–Crippen MR) is 80.4 cm³/mol. The molecule has 21 heavy (non-hydrogen) atoms. The van der Waals surface area contributed by atoms with E-state index in [0.717, 1.165) is 0 Å². The number of anilines is 2. The van der Waals surface area contributed by atoms with Crippen LogP contribution >= 0.6 is 0 Å². The molecule has 0 saturated heterocycles.